The van der Waals surface area contributed by atoms with Crippen LogP contribution in [0.1, 0.15) is 31.2 Å². The molecular formula is C17H23N3O3. The van der Waals surface area contributed by atoms with Crippen molar-refractivity contribution in [2.24, 2.45) is 18.7 Å². The summed E-state index contributed by atoms with van der Waals surface area (Å²) in [4.78, 5) is 11.1. The average Bonchev–Trinajstić information content (AvgIpc) is 2.92. The van der Waals surface area contributed by atoms with Crippen LogP contribution in [0.2, 0.25) is 0 Å². The van der Waals surface area contributed by atoms with Crippen molar-refractivity contribution in [2.45, 2.75) is 26.4 Å². The van der Waals surface area contributed by atoms with Gasteiger partial charge in [-0.15, -0.1) is 0 Å². The van der Waals surface area contributed by atoms with Gasteiger partial charge in [-0.25, -0.2) is 4.79 Å². The molecule has 0 bridgehead atoms. The van der Waals surface area contributed by atoms with E-state index in [0.29, 0.717) is 24.6 Å². The lowest BCUT2D eigenvalue weighted by Crippen LogP contribution is -2.19. The monoisotopic (exact) mass is 317 g/mol. The maximum Gasteiger partial charge on any atom is 0.405 e. The Labute approximate surface area is 136 Å². The van der Waals surface area contributed by atoms with E-state index < -0.39 is 12.2 Å². The highest BCUT2D eigenvalue weighted by atomic mass is 16.6. The summed E-state index contributed by atoms with van der Waals surface area (Å²) in [6.45, 7) is 4.89. The molecule has 0 aliphatic carbocycles. The number of hydrogen-bond acceptors (Lipinski definition) is 4. The summed E-state index contributed by atoms with van der Waals surface area (Å²) >= 11 is 0. The van der Waals surface area contributed by atoms with E-state index in [1.54, 1.807) is 10.9 Å². The van der Waals surface area contributed by atoms with Crippen LogP contribution in [-0.4, -0.2) is 22.5 Å². The van der Waals surface area contributed by atoms with Crippen molar-refractivity contribution in [1.82, 2.24) is 9.78 Å². The van der Waals surface area contributed by atoms with Crippen LogP contribution in [-0.2, 0) is 18.2 Å². The fourth-order valence-electron chi connectivity index (χ4n) is 2.15. The number of carbonyl (C=O) groups excluding carboxylic acids is 1. The van der Waals surface area contributed by atoms with Crippen molar-refractivity contribution in [2.75, 3.05) is 6.61 Å². The third-order valence-corrected chi connectivity index (χ3v) is 3.25. The van der Waals surface area contributed by atoms with E-state index >= 15 is 0 Å². The van der Waals surface area contributed by atoms with E-state index in [9.17, 15) is 4.79 Å². The Hall–Kier alpha value is -2.50. The van der Waals surface area contributed by atoms with Gasteiger partial charge in [-0.2, -0.15) is 5.10 Å². The minimum atomic E-state index is -0.808. The number of hydrogen-bond donors (Lipinski definition) is 1. The van der Waals surface area contributed by atoms with Gasteiger partial charge in [0.15, 0.2) is 6.10 Å². The summed E-state index contributed by atoms with van der Waals surface area (Å²) in [5, 5.41) is 4.29. The van der Waals surface area contributed by atoms with Gasteiger partial charge in [0.1, 0.15) is 11.4 Å². The van der Waals surface area contributed by atoms with Gasteiger partial charge in [0, 0.05) is 19.7 Å². The molecule has 0 saturated carbocycles. The van der Waals surface area contributed by atoms with E-state index in [1.807, 2.05) is 37.4 Å². The Kier molecular flexibility index (Phi) is 5.62. The lowest BCUT2D eigenvalue weighted by atomic mass is 10.1. The molecular weight excluding hydrogens is 294 g/mol. The summed E-state index contributed by atoms with van der Waals surface area (Å²) in [5.41, 5.74) is 6.85. The van der Waals surface area contributed by atoms with Gasteiger partial charge in [0.05, 0.1) is 6.61 Å². The van der Waals surface area contributed by atoms with Gasteiger partial charge in [-0.1, -0.05) is 26.0 Å². The van der Waals surface area contributed by atoms with Crippen molar-refractivity contribution in [3.63, 3.8) is 0 Å². The smallest absolute Gasteiger partial charge is 0.405 e. The number of nitrogens with two attached hydrogens (primary N) is 1. The predicted molar refractivity (Wildman–Crippen MR) is 87.1 cm³/mol. The van der Waals surface area contributed by atoms with Gasteiger partial charge in [0.25, 0.3) is 0 Å². The topological polar surface area (TPSA) is 79.4 Å². The molecule has 0 saturated heterocycles. The molecule has 1 unspecified atom stereocenters. The second kappa shape index (κ2) is 7.67. The number of carbonyl (C=O) groups is 1. The molecule has 6 heteroatoms. The molecule has 23 heavy (non-hydrogen) atoms. The van der Waals surface area contributed by atoms with Gasteiger partial charge in [-0.3, -0.25) is 4.68 Å². The number of primary amides is 1. The van der Waals surface area contributed by atoms with Crippen molar-refractivity contribution in [3.8, 4) is 5.75 Å². The highest BCUT2D eigenvalue weighted by Gasteiger charge is 2.18. The van der Waals surface area contributed by atoms with E-state index in [-0.39, 0.29) is 0 Å². The normalized spacial score (nSPS) is 12.2. The van der Waals surface area contributed by atoms with Crippen molar-refractivity contribution < 1.29 is 14.3 Å². The Morgan fingerprint density at radius 2 is 1.96 bits per heavy atom. The third kappa shape index (κ3) is 5.32. The molecule has 2 aromatic rings. The Bertz CT molecular complexity index is 635. The maximum absolute atomic E-state index is 11.1. The van der Waals surface area contributed by atoms with Crippen LogP contribution in [0.4, 0.5) is 4.79 Å². The highest BCUT2D eigenvalue weighted by molar-refractivity contribution is 5.65. The molecule has 1 aromatic carbocycles. The third-order valence-electron chi connectivity index (χ3n) is 3.25. The fourth-order valence-corrected chi connectivity index (χ4v) is 2.15. The SMILES string of the molecule is CC(C)COc1ccc(CC(OC(N)=O)c2ccn(C)n2)cc1. The lowest BCUT2D eigenvalue weighted by Gasteiger charge is -2.15. The quantitative estimate of drug-likeness (QED) is 0.851. The Morgan fingerprint density at radius 3 is 2.48 bits per heavy atom. The van der Waals surface area contributed by atoms with Crippen LogP contribution in [0, 0.1) is 5.92 Å². The first kappa shape index (κ1) is 16.9. The van der Waals surface area contributed by atoms with Crippen LogP contribution >= 0.6 is 0 Å². The maximum atomic E-state index is 11.1. The number of ether oxygens (including phenoxy) is 2. The minimum absolute atomic E-state index is 0.479. The zero-order valence-electron chi connectivity index (χ0n) is 13.7. The van der Waals surface area contributed by atoms with Crippen LogP contribution < -0.4 is 10.5 Å². The summed E-state index contributed by atoms with van der Waals surface area (Å²) < 4.78 is 12.5. The van der Waals surface area contributed by atoms with Crippen LogP contribution in [0.5, 0.6) is 5.75 Å². The molecule has 0 spiro atoms. The Balaban J connectivity index is 2.05. The lowest BCUT2D eigenvalue weighted by molar-refractivity contribution is 0.104. The average molecular weight is 317 g/mol. The summed E-state index contributed by atoms with van der Waals surface area (Å²) in [6, 6.07) is 9.55. The number of aromatic nitrogens is 2. The number of aryl methyl sites for hydroxylation is 1. The van der Waals surface area contributed by atoms with E-state index in [1.165, 1.54) is 0 Å². The first-order valence-electron chi connectivity index (χ1n) is 7.61. The van der Waals surface area contributed by atoms with Gasteiger partial charge >= 0.3 is 6.09 Å². The van der Waals surface area contributed by atoms with Crippen LogP contribution in [0.25, 0.3) is 0 Å². The molecule has 1 aromatic heterocycles. The molecule has 6 nitrogen and oxygen atoms in total. The summed E-state index contributed by atoms with van der Waals surface area (Å²) in [5.74, 6) is 1.31. The number of rotatable bonds is 7. The van der Waals surface area contributed by atoms with Crippen LogP contribution in [0.3, 0.4) is 0 Å². The summed E-state index contributed by atoms with van der Waals surface area (Å²) in [7, 11) is 1.81. The van der Waals surface area contributed by atoms with Gasteiger partial charge in [-0.05, 0) is 29.7 Å². The predicted octanol–water partition coefficient (Wildman–Crippen LogP) is 2.83. The molecule has 0 radical (unpaired) electrons. The van der Waals surface area contributed by atoms with E-state index in [4.69, 9.17) is 15.2 Å². The number of nitrogens with zero attached hydrogens (tertiary/aromatic N) is 2. The van der Waals surface area contributed by atoms with E-state index in [2.05, 4.69) is 18.9 Å². The molecule has 1 heterocycles. The Morgan fingerprint density at radius 1 is 1.26 bits per heavy atom. The zero-order valence-corrected chi connectivity index (χ0v) is 13.7. The number of benzene rings is 1. The summed E-state index contributed by atoms with van der Waals surface area (Å²) in [6.07, 6.45) is 0.994. The molecule has 1 amide bonds. The van der Waals surface area contributed by atoms with Crippen molar-refractivity contribution in [1.29, 1.82) is 0 Å². The van der Waals surface area contributed by atoms with E-state index in [0.717, 1.165) is 11.3 Å². The molecule has 0 aliphatic rings. The van der Waals surface area contributed by atoms with Gasteiger partial charge in [0.2, 0.25) is 0 Å². The molecule has 1 atom stereocenters. The molecule has 0 fully saturated rings. The van der Waals surface area contributed by atoms with Gasteiger partial charge < -0.3 is 15.2 Å². The zero-order chi connectivity index (χ0) is 16.8. The molecule has 2 N–H and O–H groups in total. The molecule has 0 aliphatic heterocycles. The molecule has 2 rings (SSSR count). The first-order valence-corrected chi connectivity index (χ1v) is 7.61. The standard InChI is InChI=1S/C17H23N3O3/c1-12(2)11-22-14-6-4-13(5-7-14)10-16(23-17(18)21)15-8-9-20(3)19-15/h4-9,12,16H,10-11H2,1-3H3,(H2,18,21). The number of amides is 1. The largest absolute Gasteiger partial charge is 0.493 e. The highest BCUT2D eigenvalue weighted by Crippen LogP contribution is 2.22. The van der Waals surface area contributed by atoms with Crippen LogP contribution in [0.15, 0.2) is 36.5 Å². The minimum Gasteiger partial charge on any atom is -0.493 e. The fraction of sp³-hybridized carbons (Fsp3) is 0.412. The van der Waals surface area contributed by atoms with Crippen molar-refractivity contribution in [3.05, 3.63) is 47.8 Å². The molecule has 124 valence electrons. The van der Waals surface area contributed by atoms with Crippen molar-refractivity contribution >= 4 is 6.09 Å². The first-order chi connectivity index (χ1) is 10.9. The second-order valence-corrected chi connectivity index (χ2v) is 5.89. The second-order valence-electron chi connectivity index (χ2n) is 5.89.